The summed E-state index contributed by atoms with van der Waals surface area (Å²) in [6.45, 7) is 4.97. The molecule has 0 aromatic heterocycles. The molecule has 4 N–H and O–H groups in total. The van der Waals surface area contributed by atoms with Gasteiger partial charge in [0.2, 0.25) is 5.91 Å². The van der Waals surface area contributed by atoms with Crippen molar-refractivity contribution in [3.8, 4) is 5.75 Å². The number of nitrogens with two attached hydrogens (primary N) is 1. The molecule has 0 atom stereocenters. The van der Waals surface area contributed by atoms with E-state index in [1.165, 1.54) is 0 Å². The van der Waals surface area contributed by atoms with Gasteiger partial charge in [0.15, 0.2) is 0 Å². The van der Waals surface area contributed by atoms with E-state index in [0.717, 1.165) is 0 Å². The monoisotopic (exact) mass is 357 g/mol. The lowest BCUT2D eigenvalue weighted by Gasteiger charge is -2.28. The molecular weight excluding hydrogens is 330 g/mol. The van der Waals surface area contributed by atoms with Crippen LogP contribution in [0.4, 0.5) is 0 Å². The molecule has 24 heavy (non-hydrogen) atoms. The van der Waals surface area contributed by atoms with Gasteiger partial charge in [-0.05, 0) is 31.0 Å². The summed E-state index contributed by atoms with van der Waals surface area (Å²) in [7, 11) is 1.55. The normalized spacial score (nSPS) is 10.5. The van der Waals surface area contributed by atoms with Crippen LogP contribution in [0, 0.1) is 5.41 Å². The molecule has 1 aromatic carbocycles. The Hall–Kier alpha value is -1.79. The van der Waals surface area contributed by atoms with Crippen LogP contribution in [0.1, 0.15) is 37.0 Å². The van der Waals surface area contributed by atoms with Gasteiger partial charge in [-0.2, -0.15) is 0 Å². The summed E-state index contributed by atoms with van der Waals surface area (Å²) >= 11 is 0. The van der Waals surface area contributed by atoms with Gasteiger partial charge in [-0.1, -0.05) is 19.9 Å². The Balaban J connectivity index is 0.00000529. The van der Waals surface area contributed by atoms with Crippen LogP contribution in [-0.2, 0) is 4.79 Å². The summed E-state index contributed by atoms with van der Waals surface area (Å²) in [6.07, 6.45) is 1.39. The standard InChI is InChI=1S/C17H27N3O3.ClH/c1-4-17(5-2,12-18)16(22)20-10-9-19-15(21)13-7-6-8-14(11-13)23-3;/h6-8,11H,4-5,9-10,12,18H2,1-3H3,(H,19,21)(H,20,22);1H. The van der Waals surface area contributed by atoms with Crippen molar-refractivity contribution in [3.63, 3.8) is 0 Å². The molecule has 0 spiro atoms. The van der Waals surface area contributed by atoms with Crippen LogP contribution in [0.25, 0.3) is 0 Å². The first kappa shape index (κ1) is 22.2. The predicted octanol–water partition coefficient (Wildman–Crippen LogP) is 1.73. The maximum atomic E-state index is 12.2. The van der Waals surface area contributed by atoms with Crippen molar-refractivity contribution in [3.05, 3.63) is 29.8 Å². The maximum Gasteiger partial charge on any atom is 0.251 e. The summed E-state index contributed by atoms with van der Waals surface area (Å²) < 4.78 is 5.09. The lowest BCUT2D eigenvalue weighted by molar-refractivity contribution is -0.130. The van der Waals surface area contributed by atoms with Crippen molar-refractivity contribution in [2.75, 3.05) is 26.7 Å². The smallest absolute Gasteiger partial charge is 0.251 e. The summed E-state index contributed by atoms with van der Waals surface area (Å²) in [6, 6.07) is 6.91. The van der Waals surface area contributed by atoms with Crippen LogP contribution in [0.15, 0.2) is 24.3 Å². The van der Waals surface area contributed by atoms with E-state index in [2.05, 4.69) is 10.6 Å². The summed E-state index contributed by atoms with van der Waals surface area (Å²) in [4.78, 5) is 24.3. The van der Waals surface area contributed by atoms with Crippen molar-refractivity contribution in [2.24, 2.45) is 11.1 Å². The molecule has 1 aromatic rings. The van der Waals surface area contributed by atoms with Crippen LogP contribution in [-0.4, -0.2) is 38.6 Å². The molecule has 0 saturated heterocycles. The van der Waals surface area contributed by atoms with Gasteiger partial charge in [0.25, 0.3) is 5.91 Å². The SMILES string of the molecule is CCC(CC)(CN)C(=O)NCCNC(=O)c1cccc(OC)c1.Cl. The fourth-order valence-electron chi connectivity index (χ4n) is 2.36. The molecule has 0 aliphatic heterocycles. The first-order valence-electron chi connectivity index (χ1n) is 7.93. The van der Waals surface area contributed by atoms with E-state index in [-0.39, 0.29) is 24.2 Å². The number of ether oxygens (including phenoxy) is 1. The Morgan fingerprint density at radius 1 is 1.17 bits per heavy atom. The second-order valence-corrected chi connectivity index (χ2v) is 5.44. The zero-order valence-electron chi connectivity index (χ0n) is 14.6. The van der Waals surface area contributed by atoms with E-state index in [4.69, 9.17) is 10.5 Å². The van der Waals surface area contributed by atoms with Crippen molar-refractivity contribution in [1.29, 1.82) is 0 Å². The number of halogens is 1. The summed E-state index contributed by atoms with van der Waals surface area (Å²) in [5.74, 6) is 0.374. The zero-order valence-corrected chi connectivity index (χ0v) is 15.4. The number of carbonyl (C=O) groups is 2. The first-order valence-corrected chi connectivity index (χ1v) is 7.93. The molecule has 1 rings (SSSR count). The van der Waals surface area contributed by atoms with Crippen molar-refractivity contribution in [1.82, 2.24) is 10.6 Å². The highest BCUT2D eigenvalue weighted by Crippen LogP contribution is 2.24. The van der Waals surface area contributed by atoms with Crippen LogP contribution >= 0.6 is 12.4 Å². The highest BCUT2D eigenvalue weighted by Gasteiger charge is 2.32. The average Bonchev–Trinajstić information content (AvgIpc) is 2.60. The molecule has 0 unspecified atom stereocenters. The fraction of sp³-hybridized carbons (Fsp3) is 0.529. The van der Waals surface area contributed by atoms with Crippen LogP contribution in [0.3, 0.4) is 0 Å². The summed E-state index contributed by atoms with van der Waals surface area (Å²) in [5, 5.41) is 5.62. The number of rotatable bonds is 9. The quantitative estimate of drug-likeness (QED) is 0.587. The van der Waals surface area contributed by atoms with E-state index < -0.39 is 5.41 Å². The van der Waals surface area contributed by atoms with E-state index in [1.807, 2.05) is 13.8 Å². The minimum absolute atomic E-state index is 0. The Labute approximate surface area is 149 Å². The molecule has 2 amide bonds. The third kappa shape index (κ3) is 5.69. The number of benzene rings is 1. The second kappa shape index (κ2) is 10.9. The van der Waals surface area contributed by atoms with Crippen LogP contribution < -0.4 is 21.1 Å². The molecule has 0 aliphatic carbocycles. The van der Waals surface area contributed by atoms with Crippen molar-refractivity contribution in [2.45, 2.75) is 26.7 Å². The Kier molecular flexibility index (Phi) is 10.1. The van der Waals surface area contributed by atoms with Gasteiger partial charge in [0, 0.05) is 25.2 Å². The maximum absolute atomic E-state index is 12.2. The molecule has 0 radical (unpaired) electrons. The first-order chi connectivity index (χ1) is 11.0. The molecule has 0 aliphatic rings. The predicted molar refractivity (Wildman–Crippen MR) is 97.7 cm³/mol. The Morgan fingerprint density at radius 3 is 2.33 bits per heavy atom. The molecule has 0 bridgehead atoms. The molecular formula is C17H28ClN3O3. The van der Waals surface area contributed by atoms with Gasteiger partial charge < -0.3 is 21.1 Å². The van der Waals surface area contributed by atoms with Gasteiger partial charge in [-0.25, -0.2) is 0 Å². The van der Waals surface area contributed by atoms with Crippen molar-refractivity contribution >= 4 is 24.2 Å². The molecule has 6 nitrogen and oxygen atoms in total. The average molecular weight is 358 g/mol. The number of nitrogens with one attached hydrogen (secondary N) is 2. The van der Waals surface area contributed by atoms with Gasteiger partial charge in [-0.15, -0.1) is 12.4 Å². The van der Waals surface area contributed by atoms with Crippen LogP contribution in [0.5, 0.6) is 5.75 Å². The molecule has 0 heterocycles. The van der Waals surface area contributed by atoms with E-state index in [1.54, 1.807) is 31.4 Å². The van der Waals surface area contributed by atoms with Gasteiger partial charge in [0.1, 0.15) is 5.75 Å². The lowest BCUT2D eigenvalue weighted by atomic mass is 9.81. The van der Waals surface area contributed by atoms with Crippen LogP contribution in [0.2, 0.25) is 0 Å². The van der Waals surface area contributed by atoms with Crippen molar-refractivity contribution < 1.29 is 14.3 Å². The molecule has 0 saturated carbocycles. The summed E-state index contributed by atoms with van der Waals surface area (Å²) in [5.41, 5.74) is 5.75. The number of carbonyl (C=O) groups excluding carboxylic acids is 2. The van der Waals surface area contributed by atoms with E-state index >= 15 is 0 Å². The molecule has 136 valence electrons. The Morgan fingerprint density at radius 2 is 1.79 bits per heavy atom. The minimum atomic E-state index is -0.517. The highest BCUT2D eigenvalue weighted by atomic mass is 35.5. The topological polar surface area (TPSA) is 93.5 Å². The Bertz CT molecular complexity index is 525. The molecule has 7 heteroatoms. The largest absolute Gasteiger partial charge is 0.497 e. The zero-order chi connectivity index (χ0) is 17.3. The van der Waals surface area contributed by atoms with E-state index in [0.29, 0.717) is 43.8 Å². The highest BCUT2D eigenvalue weighted by molar-refractivity contribution is 5.94. The van der Waals surface area contributed by atoms with Gasteiger partial charge >= 0.3 is 0 Å². The minimum Gasteiger partial charge on any atom is -0.497 e. The number of hydrogen-bond acceptors (Lipinski definition) is 4. The third-order valence-electron chi connectivity index (χ3n) is 4.25. The molecule has 0 fully saturated rings. The van der Waals surface area contributed by atoms with E-state index in [9.17, 15) is 9.59 Å². The fourth-order valence-corrected chi connectivity index (χ4v) is 2.36. The third-order valence-corrected chi connectivity index (χ3v) is 4.25. The second-order valence-electron chi connectivity index (χ2n) is 5.44. The number of methoxy groups -OCH3 is 1. The lowest BCUT2D eigenvalue weighted by Crippen LogP contribution is -2.47. The van der Waals surface area contributed by atoms with Gasteiger partial charge in [-0.3, -0.25) is 9.59 Å². The van der Waals surface area contributed by atoms with Gasteiger partial charge in [0.05, 0.1) is 12.5 Å². The number of hydrogen-bond donors (Lipinski definition) is 3. The number of amides is 2.